The van der Waals surface area contributed by atoms with E-state index in [0.29, 0.717) is 16.7 Å². The molecular formula is C24H20F2N2O3. The van der Waals surface area contributed by atoms with Crippen LogP contribution in [0.3, 0.4) is 0 Å². The summed E-state index contributed by atoms with van der Waals surface area (Å²) in [7, 11) is 0. The molecule has 0 unspecified atom stereocenters. The van der Waals surface area contributed by atoms with Gasteiger partial charge >= 0.3 is 0 Å². The number of ketones is 1. The summed E-state index contributed by atoms with van der Waals surface area (Å²) < 4.78 is 26.3. The van der Waals surface area contributed by atoms with Crippen LogP contribution in [-0.2, 0) is 22.4 Å². The Kier molecular flexibility index (Phi) is 6.87. The van der Waals surface area contributed by atoms with Crippen LogP contribution < -0.4 is 11.1 Å². The Balaban J connectivity index is 1.64. The van der Waals surface area contributed by atoms with Crippen molar-refractivity contribution in [3.05, 3.63) is 107 Å². The summed E-state index contributed by atoms with van der Waals surface area (Å²) in [5.41, 5.74) is 7.43. The quantitative estimate of drug-likeness (QED) is 0.547. The van der Waals surface area contributed by atoms with Gasteiger partial charge in [-0.05, 0) is 23.3 Å². The van der Waals surface area contributed by atoms with Crippen LogP contribution in [-0.4, -0.2) is 23.6 Å². The molecule has 3 N–H and O–H groups in total. The van der Waals surface area contributed by atoms with Crippen molar-refractivity contribution in [2.24, 2.45) is 5.73 Å². The molecule has 0 heterocycles. The van der Waals surface area contributed by atoms with Crippen molar-refractivity contribution < 1.29 is 23.2 Å². The van der Waals surface area contributed by atoms with Gasteiger partial charge < -0.3 is 11.1 Å². The second-order valence-electron chi connectivity index (χ2n) is 7.04. The molecule has 158 valence electrons. The van der Waals surface area contributed by atoms with E-state index in [4.69, 9.17) is 5.73 Å². The molecule has 0 aliphatic rings. The number of benzene rings is 3. The number of primary amides is 1. The van der Waals surface area contributed by atoms with Gasteiger partial charge in [-0.15, -0.1) is 0 Å². The molecule has 3 aromatic rings. The summed E-state index contributed by atoms with van der Waals surface area (Å²) >= 11 is 0. The van der Waals surface area contributed by atoms with E-state index in [0.717, 1.165) is 12.1 Å². The minimum atomic E-state index is -1.05. The van der Waals surface area contributed by atoms with Crippen LogP contribution in [0.4, 0.5) is 8.78 Å². The number of nitrogens with two attached hydrogens (primary N) is 1. The highest BCUT2D eigenvalue weighted by Gasteiger charge is 2.19. The van der Waals surface area contributed by atoms with Gasteiger partial charge in [0.2, 0.25) is 11.8 Å². The molecule has 31 heavy (non-hydrogen) atoms. The molecule has 0 spiro atoms. The smallest absolute Gasteiger partial charge is 0.240 e. The van der Waals surface area contributed by atoms with E-state index in [9.17, 15) is 23.2 Å². The molecule has 7 heteroatoms. The van der Waals surface area contributed by atoms with Crippen LogP contribution in [0.25, 0.3) is 0 Å². The van der Waals surface area contributed by atoms with Gasteiger partial charge in [-0.1, -0.05) is 60.7 Å². The lowest BCUT2D eigenvalue weighted by molar-refractivity contribution is -0.127. The highest BCUT2D eigenvalue weighted by molar-refractivity contribution is 6.08. The number of amides is 2. The molecule has 0 aliphatic carbocycles. The minimum absolute atomic E-state index is 0.124. The van der Waals surface area contributed by atoms with E-state index in [2.05, 4.69) is 5.32 Å². The zero-order chi connectivity index (χ0) is 22.4. The van der Waals surface area contributed by atoms with Crippen LogP contribution in [0, 0.1) is 11.6 Å². The lowest BCUT2D eigenvalue weighted by Gasteiger charge is -2.16. The zero-order valence-electron chi connectivity index (χ0n) is 16.5. The van der Waals surface area contributed by atoms with E-state index < -0.39 is 29.5 Å². The molecule has 0 aliphatic heterocycles. The van der Waals surface area contributed by atoms with Crippen LogP contribution >= 0.6 is 0 Å². The molecule has 0 fully saturated rings. The summed E-state index contributed by atoms with van der Waals surface area (Å²) in [4.78, 5) is 36.5. The largest absolute Gasteiger partial charge is 0.368 e. The average Bonchev–Trinajstić information content (AvgIpc) is 2.76. The highest BCUT2D eigenvalue weighted by atomic mass is 19.2. The van der Waals surface area contributed by atoms with Crippen molar-refractivity contribution in [2.75, 3.05) is 0 Å². The van der Waals surface area contributed by atoms with Crippen molar-refractivity contribution in [1.29, 1.82) is 0 Å². The van der Waals surface area contributed by atoms with E-state index in [-0.39, 0.29) is 24.2 Å². The topological polar surface area (TPSA) is 89.3 Å². The number of halogens is 2. The normalized spacial score (nSPS) is 11.5. The molecule has 0 aromatic heterocycles. The molecule has 1 atom stereocenters. The first-order chi connectivity index (χ1) is 14.8. The van der Waals surface area contributed by atoms with Crippen LogP contribution in [0.1, 0.15) is 27.0 Å². The van der Waals surface area contributed by atoms with E-state index >= 15 is 0 Å². The van der Waals surface area contributed by atoms with Gasteiger partial charge in [0.25, 0.3) is 0 Å². The third-order valence-electron chi connectivity index (χ3n) is 4.72. The van der Waals surface area contributed by atoms with Crippen molar-refractivity contribution in [3.63, 3.8) is 0 Å². The second kappa shape index (κ2) is 9.75. The Bertz CT molecular complexity index is 1100. The zero-order valence-corrected chi connectivity index (χ0v) is 16.5. The highest BCUT2D eigenvalue weighted by Crippen LogP contribution is 2.13. The maximum absolute atomic E-state index is 13.3. The molecule has 0 bridgehead atoms. The first-order valence-electron chi connectivity index (χ1n) is 9.55. The Labute approximate surface area is 177 Å². The van der Waals surface area contributed by atoms with Gasteiger partial charge in [-0.3, -0.25) is 14.4 Å². The summed E-state index contributed by atoms with van der Waals surface area (Å²) in [6, 6.07) is 17.7. The number of carbonyl (C=O) groups is 3. The minimum Gasteiger partial charge on any atom is -0.368 e. The molecule has 2 amide bonds. The fourth-order valence-electron chi connectivity index (χ4n) is 3.09. The van der Waals surface area contributed by atoms with Crippen LogP contribution in [0.5, 0.6) is 0 Å². The second-order valence-corrected chi connectivity index (χ2v) is 7.04. The van der Waals surface area contributed by atoms with Crippen molar-refractivity contribution in [1.82, 2.24) is 5.32 Å². The van der Waals surface area contributed by atoms with Crippen molar-refractivity contribution in [3.8, 4) is 0 Å². The number of hydrogen-bond acceptors (Lipinski definition) is 3. The Hall–Kier alpha value is -3.87. The van der Waals surface area contributed by atoms with Crippen LogP contribution in [0.15, 0.2) is 72.8 Å². The first-order valence-corrected chi connectivity index (χ1v) is 9.55. The van der Waals surface area contributed by atoms with E-state index in [1.807, 2.05) is 6.07 Å². The van der Waals surface area contributed by atoms with E-state index in [1.54, 1.807) is 48.5 Å². The maximum Gasteiger partial charge on any atom is 0.240 e. The van der Waals surface area contributed by atoms with Gasteiger partial charge in [-0.2, -0.15) is 0 Å². The van der Waals surface area contributed by atoms with Gasteiger partial charge in [0.15, 0.2) is 17.4 Å². The van der Waals surface area contributed by atoms with E-state index in [1.165, 1.54) is 6.07 Å². The van der Waals surface area contributed by atoms with Gasteiger partial charge in [0.1, 0.15) is 6.04 Å². The predicted octanol–water partition coefficient (Wildman–Crippen LogP) is 2.95. The van der Waals surface area contributed by atoms with Crippen LogP contribution in [0.2, 0.25) is 0 Å². The van der Waals surface area contributed by atoms with Crippen molar-refractivity contribution >= 4 is 17.6 Å². The standard InChI is InChI=1S/C24H20F2N2O3/c25-19-11-8-16(12-20(19)26)14-22(29)28-21(24(27)31)13-15-6-9-18(10-7-15)23(30)17-4-2-1-3-5-17/h1-12,21H,13-14H2,(H2,27,31)(H,28,29)/t21-/m0/s1. The number of hydrogen-bond donors (Lipinski definition) is 2. The molecular weight excluding hydrogens is 402 g/mol. The number of nitrogens with one attached hydrogen (secondary N) is 1. The molecule has 0 saturated heterocycles. The monoisotopic (exact) mass is 422 g/mol. The lowest BCUT2D eigenvalue weighted by atomic mass is 9.99. The maximum atomic E-state index is 13.3. The third-order valence-corrected chi connectivity index (χ3v) is 4.72. The van der Waals surface area contributed by atoms with Gasteiger partial charge in [-0.25, -0.2) is 8.78 Å². The summed E-state index contributed by atoms with van der Waals surface area (Å²) in [6.07, 6.45) is -0.107. The van der Waals surface area contributed by atoms with Gasteiger partial charge in [0, 0.05) is 17.5 Å². The molecule has 5 nitrogen and oxygen atoms in total. The molecule has 3 rings (SSSR count). The Morgan fingerprint density at radius 2 is 1.42 bits per heavy atom. The molecule has 3 aromatic carbocycles. The predicted molar refractivity (Wildman–Crippen MR) is 111 cm³/mol. The summed E-state index contributed by atoms with van der Waals surface area (Å²) in [6.45, 7) is 0. The Morgan fingerprint density at radius 3 is 2.03 bits per heavy atom. The summed E-state index contributed by atoms with van der Waals surface area (Å²) in [5, 5.41) is 2.51. The van der Waals surface area contributed by atoms with Gasteiger partial charge in [0.05, 0.1) is 6.42 Å². The SMILES string of the molecule is NC(=O)[C@H](Cc1ccc(C(=O)c2ccccc2)cc1)NC(=O)Cc1ccc(F)c(F)c1. The fraction of sp³-hybridized carbons (Fsp3) is 0.125. The number of carbonyl (C=O) groups excluding carboxylic acids is 3. The molecule has 0 radical (unpaired) electrons. The first kappa shape index (κ1) is 21.8. The molecule has 0 saturated carbocycles. The summed E-state index contributed by atoms with van der Waals surface area (Å²) in [5.74, 6) is -3.47. The average molecular weight is 422 g/mol. The van der Waals surface area contributed by atoms with Crippen molar-refractivity contribution in [2.45, 2.75) is 18.9 Å². The number of rotatable bonds is 8. The lowest BCUT2D eigenvalue weighted by Crippen LogP contribution is -2.46. The fourth-order valence-corrected chi connectivity index (χ4v) is 3.09. The third kappa shape index (κ3) is 5.82. The Morgan fingerprint density at radius 1 is 0.806 bits per heavy atom.